The third kappa shape index (κ3) is 2.41. The Morgan fingerprint density at radius 2 is 1.68 bits per heavy atom. The summed E-state index contributed by atoms with van der Waals surface area (Å²) in [6.45, 7) is 0. The fourth-order valence-electron chi connectivity index (χ4n) is 1.94. The molecule has 19 heavy (non-hydrogen) atoms. The van der Waals surface area contributed by atoms with E-state index in [0.29, 0.717) is 11.3 Å². The van der Waals surface area contributed by atoms with Gasteiger partial charge >= 0.3 is 0 Å². The van der Waals surface area contributed by atoms with Gasteiger partial charge in [-0.2, -0.15) is 0 Å². The Labute approximate surface area is 120 Å². The molecule has 0 aliphatic carbocycles. The molecular formula is C15H10AlO3. The molecule has 1 heterocycles. The normalized spacial score (nSPS) is 10.1. The Morgan fingerprint density at radius 3 is 2.42 bits per heavy atom. The molecule has 1 N–H and O–H groups in total. The first-order chi connectivity index (χ1) is 8.75. The first kappa shape index (κ1) is 13.4. The molecule has 3 nitrogen and oxygen atoms in total. The van der Waals surface area contributed by atoms with Crippen LogP contribution in [0.4, 0.5) is 0 Å². The van der Waals surface area contributed by atoms with Crippen LogP contribution in [0.3, 0.4) is 0 Å². The molecule has 2 aromatic carbocycles. The van der Waals surface area contributed by atoms with Gasteiger partial charge in [0.15, 0.2) is 5.43 Å². The van der Waals surface area contributed by atoms with Crippen LogP contribution in [-0.2, 0) is 0 Å². The number of hydrogen-bond donors (Lipinski definition) is 1. The summed E-state index contributed by atoms with van der Waals surface area (Å²) >= 11 is 0. The lowest BCUT2D eigenvalue weighted by Gasteiger charge is -2.03. The second kappa shape index (κ2) is 5.31. The second-order valence-corrected chi connectivity index (χ2v) is 3.99. The van der Waals surface area contributed by atoms with Crippen LogP contribution in [0.25, 0.3) is 22.3 Å². The summed E-state index contributed by atoms with van der Waals surface area (Å²) in [7, 11) is 0. The molecule has 0 unspecified atom stereocenters. The van der Waals surface area contributed by atoms with E-state index in [-0.39, 0.29) is 33.9 Å². The average Bonchev–Trinajstić information content (AvgIpc) is 2.39. The van der Waals surface area contributed by atoms with Gasteiger partial charge < -0.3 is 9.52 Å². The fraction of sp³-hybridized carbons (Fsp3) is 0. The monoisotopic (exact) mass is 265 g/mol. The van der Waals surface area contributed by atoms with Gasteiger partial charge in [-0.15, -0.1) is 0 Å². The first-order valence-corrected chi connectivity index (χ1v) is 5.57. The molecule has 0 saturated carbocycles. The molecule has 0 atom stereocenters. The minimum Gasteiger partial charge on any atom is -0.507 e. The summed E-state index contributed by atoms with van der Waals surface area (Å²) in [5, 5.41) is 9.87. The molecule has 0 bridgehead atoms. The van der Waals surface area contributed by atoms with E-state index >= 15 is 0 Å². The summed E-state index contributed by atoms with van der Waals surface area (Å²) in [6, 6.07) is 15.6. The van der Waals surface area contributed by atoms with E-state index in [1.807, 2.05) is 30.3 Å². The summed E-state index contributed by atoms with van der Waals surface area (Å²) in [4.78, 5) is 12.0. The van der Waals surface area contributed by atoms with Gasteiger partial charge in [0.2, 0.25) is 0 Å². The van der Waals surface area contributed by atoms with Crippen molar-refractivity contribution in [1.29, 1.82) is 0 Å². The number of aromatic hydroxyl groups is 1. The topological polar surface area (TPSA) is 50.4 Å². The summed E-state index contributed by atoms with van der Waals surface area (Å²) < 4.78 is 5.65. The molecule has 4 heteroatoms. The van der Waals surface area contributed by atoms with E-state index in [9.17, 15) is 9.90 Å². The highest BCUT2D eigenvalue weighted by molar-refractivity contribution is 5.84. The Bertz CT molecular complexity index is 763. The highest BCUT2D eigenvalue weighted by atomic mass is 27.0. The minimum absolute atomic E-state index is 0. The summed E-state index contributed by atoms with van der Waals surface area (Å²) in [5.74, 6) is 0.444. The van der Waals surface area contributed by atoms with Crippen molar-refractivity contribution in [3.8, 4) is 17.1 Å². The Morgan fingerprint density at radius 1 is 0.947 bits per heavy atom. The van der Waals surface area contributed by atoms with Crippen molar-refractivity contribution in [1.82, 2.24) is 0 Å². The van der Waals surface area contributed by atoms with Crippen molar-refractivity contribution in [2.45, 2.75) is 0 Å². The molecule has 3 rings (SSSR count). The Hall–Kier alpha value is -2.02. The zero-order valence-corrected chi connectivity index (χ0v) is 11.2. The zero-order chi connectivity index (χ0) is 12.5. The molecule has 0 saturated heterocycles. The van der Waals surface area contributed by atoms with Crippen molar-refractivity contribution >= 4 is 28.3 Å². The quantitative estimate of drug-likeness (QED) is 0.688. The van der Waals surface area contributed by atoms with Gasteiger partial charge in [0.1, 0.15) is 22.5 Å². The van der Waals surface area contributed by atoms with E-state index in [2.05, 4.69) is 0 Å². The average molecular weight is 265 g/mol. The third-order valence-electron chi connectivity index (χ3n) is 2.79. The SMILES string of the molecule is O=c1cc(-c2ccccc2)oc2cccc(O)c12.[Al]. The Balaban J connectivity index is 0.00000133. The lowest BCUT2D eigenvalue weighted by molar-refractivity contribution is 0.479. The van der Waals surface area contributed by atoms with Gasteiger partial charge in [-0.3, -0.25) is 4.79 Å². The molecule has 0 spiro atoms. The van der Waals surface area contributed by atoms with Crippen LogP contribution in [0.15, 0.2) is 63.8 Å². The number of fused-ring (bicyclic) bond motifs is 1. The predicted molar refractivity (Wildman–Crippen MR) is 75.3 cm³/mol. The molecule has 3 radical (unpaired) electrons. The smallest absolute Gasteiger partial charge is 0.197 e. The fourth-order valence-corrected chi connectivity index (χ4v) is 1.94. The number of phenols is 1. The van der Waals surface area contributed by atoms with E-state index in [0.717, 1.165) is 5.56 Å². The number of hydrogen-bond acceptors (Lipinski definition) is 3. The van der Waals surface area contributed by atoms with Crippen molar-refractivity contribution < 1.29 is 9.52 Å². The van der Waals surface area contributed by atoms with Crippen molar-refractivity contribution in [3.05, 3.63) is 64.8 Å². The van der Waals surface area contributed by atoms with Crippen LogP contribution in [0.5, 0.6) is 5.75 Å². The highest BCUT2D eigenvalue weighted by Gasteiger charge is 2.09. The van der Waals surface area contributed by atoms with E-state index in [4.69, 9.17) is 4.42 Å². The summed E-state index contributed by atoms with van der Waals surface area (Å²) in [6.07, 6.45) is 0. The highest BCUT2D eigenvalue weighted by Crippen LogP contribution is 2.25. The number of rotatable bonds is 1. The van der Waals surface area contributed by atoms with Crippen molar-refractivity contribution in [2.75, 3.05) is 0 Å². The zero-order valence-electron chi connectivity index (χ0n) is 10.0. The lowest BCUT2D eigenvalue weighted by Crippen LogP contribution is -2.00. The van der Waals surface area contributed by atoms with Gasteiger partial charge in [-0.05, 0) is 12.1 Å². The largest absolute Gasteiger partial charge is 0.507 e. The van der Waals surface area contributed by atoms with Crippen molar-refractivity contribution in [2.24, 2.45) is 0 Å². The van der Waals surface area contributed by atoms with E-state index in [1.54, 1.807) is 12.1 Å². The first-order valence-electron chi connectivity index (χ1n) is 5.57. The molecule has 3 aromatic rings. The maximum atomic E-state index is 12.0. The minimum atomic E-state index is -0.242. The van der Waals surface area contributed by atoms with Crippen LogP contribution in [-0.4, -0.2) is 22.5 Å². The molecule has 91 valence electrons. The van der Waals surface area contributed by atoms with Gasteiger partial charge in [-0.25, -0.2) is 0 Å². The van der Waals surface area contributed by atoms with Crippen LogP contribution in [0.1, 0.15) is 0 Å². The van der Waals surface area contributed by atoms with Gasteiger partial charge in [0.25, 0.3) is 0 Å². The van der Waals surface area contributed by atoms with Gasteiger partial charge in [0, 0.05) is 29.0 Å². The van der Waals surface area contributed by atoms with Crippen LogP contribution < -0.4 is 5.43 Å². The molecule has 0 amide bonds. The van der Waals surface area contributed by atoms with Gasteiger partial charge in [-0.1, -0.05) is 36.4 Å². The maximum Gasteiger partial charge on any atom is 0.197 e. The standard InChI is InChI=1S/C15H10O3.Al/c16-11-7-4-8-13-15(11)12(17)9-14(18-13)10-5-2-1-3-6-10;/h1-9,16H;. The number of phenolic OH excluding ortho intramolecular Hbond substituents is 1. The molecule has 0 aliphatic heterocycles. The lowest BCUT2D eigenvalue weighted by atomic mass is 10.1. The van der Waals surface area contributed by atoms with E-state index in [1.165, 1.54) is 12.1 Å². The third-order valence-corrected chi connectivity index (χ3v) is 2.79. The van der Waals surface area contributed by atoms with Crippen LogP contribution in [0, 0.1) is 0 Å². The molecule has 0 aliphatic rings. The van der Waals surface area contributed by atoms with E-state index < -0.39 is 0 Å². The summed E-state index contributed by atoms with van der Waals surface area (Å²) in [5.41, 5.74) is 0.981. The predicted octanol–water partition coefficient (Wildman–Crippen LogP) is 2.78. The second-order valence-electron chi connectivity index (χ2n) is 3.99. The number of benzene rings is 2. The van der Waals surface area contributed by atoms with Crippen LogP contribution in [0.2, 0.25) is 0 Å². The van der Waals surface area contributed by atoms with Crippen LogP contribution >= 0.6 is 0 Å². The Kier molecular flexibility index (Phi) is 3.75. The van der Waals surface area contributed by atoms with Crippen molar-refractivity contribution in [3.63, 3.8) is 0 Å². The molecule has 1 aromatic heterocycles. The van der Waals surface area contributed by atoms with Gasteiger partial charge in [0.05, 0.1) is 0 Å². The molecular weight excluding hydrogens is 255 g/mol. The molecule has 0 fully saturated rings. The maximum absolute atomic E-state index is 12.0.